The van der Waals surface area contributed by atoms with Crippen molar-refractivity contribution >= 4 is 17.5 Å². The SMILES string of the molecule is Cc1cccc(CC(=O)NCC(=O)Nc2ccc3c(c2)OCO3)c1. The fourth-order valence-corrected chi connectivity index (χ4v) is 2.43. The van der Waals surface area contributed by atoms with Crippen LogP contribution in [0, 0.1) is 6.92 Å². The molecule has 0 aliphatic carbocycles. The van der Waals surface area contributed by atoms with E-state index in [0.717, 1.165) is 11.1 Å². The molecule has 2 amide bonds. The van der Waals surface area contributed by atoms with Crippen molar-refractivity contribution < 1.29 is 19.1 Å². The molecule has 2 aromatic carbocycles. The summed E-state index contributed by atoms with van der Waals surface area (Å²) in [6, 6.07) is 12.9. The Morgan fingerprint density at radius 2 is 1.88 bits per heavy atom. The topological polar surface area (TPSA) is 76.7 Å². The van der Waals surface area contributed by atoms with Crippen molar-refractivity contribution in [2.45, 2.75) is 13.3 Å². The lowest BCUT2D eigenvalue weighted by molar-refractivity contribution is -0.123. The van der Waals surface area contributed by atoms with Crippen LogP contribution in [0.5, 0.6) is 11.5 Å². The summed E-state index contributed by atoms with van der Waals surface area (Å²) in [4.78, 5) is 23.8. The second-order valence-corrected chi connectivity index (χ2v) is 5.56. The maximum absolute atomic E-state index is 11.9. The van der Waals surface area contributed by atoms with Crippen molar-refractivity contribution in [2.75, 3.05) is 18.7 Å². The highest BCUT2D eigenvalue weighted by molar-refractivity contribution is 5.95. The van der Waals surface area contributed by atoms with E-state index in [1.54, 1.807) is 18.2 Å². The number of anilines is 1. The first kappa shape index (κ1) is 15.9. The van der Waals surface area contributed by atoms with E-state index < -0.39 is 0 Å². The number of nitrogens with one attached hydrogen (secondary N) is 2. The number of benzene rings is 2. The zero-order chi connectivity index (χ0) is 16.9. The van der Waals surface area contributed by atoms with Gasteiger partial charge in [-0.1, -0.05) is 29.8 Å². The number of carbonyl (C=O) groups excluding carboxylic acids is 2. The van der Waals surface area contributed by atoms with Gasteiger partial charge in [0.1, 0.15) is 0 Å². The summed E-state index contributed by atoms with van der Waals surface area (Å²) in [5, 5.41) is 5.33. The van der Waals surface area contributed by atoms with E-state index in [0.29, 0.717) is 17.2 Å². The van der Waals surface area contributed by atoms with Crippen molar-refractivity contribution in [3.63, 3.8) is 0 Å². The minimum Gasteiger partial charge on any atom is -0.454 e. The third-order valence-electron chi connectivity index (χ3n) is 3.55. The van der Waals surface area contributed by atoms with Gasteiger partial charge in [-0.3, -0.25) is 9.59 Å². The Kier molecular flexibility index (Phi) is 4.65. The Morgan fingerprint density at radius 3 is 2.71 bits per heavy atom. The average Bonchev–Trinajstić information content (AvgIpc) is 3.00. The van der Waals surface area contributed by atoms with Crippen molar-refractivity contribution in [1.29, 1.82) is 0 Å². The first-order valence-corrected chi connectivity index (χ1v) is 7.62. The van der Waals surface area contributed by atoms with Crippen LogP contribution >= 0.6 is 0 Å². The number of rotatable bonds is 5. The van der Waals surface area contributed by atoms with Crippen LogP contribution in [0.1, 0.15) is 11.1 Å². The molecule has 6 heteroatoms. The van der Waals surface area contributed by atoms with Crippen LogP contribution in [0.4, 0.5) is 5.69 Å². The minimum absolute atomic E-state index is 0.0842. The molecule has 0 atom stereocenters. The highest BCUT2D eigenvalue weighted by Crippen LogP contribution is 2.34. The van der Waals surface area contributed by atoms with Gasteiger partial charge in [0.25, 0.3) is 0 Å². The molecule has 24 heavy (non-hydrogen) atoms. The van der Waals surface area contributed by atoms with Gasteiger partial charge in [-0.05, 0) is 24.6 Å². The van der Waals surface area contributed by atoms with E-state index >= 15 is 0 Å². The maximum Gasteiger partial charge on any atom is 0.243 e. The number of carbonyl (C=O) groups is 2. The number of amides is 2. The second-order valence-electron chi connectivity index (χ2n) is 5.56. The fraction of sp³-hybridized carbons (Fsp3) is 0.222. The molecule has 0 bridgehead atoms. The van der Waals surface area contributed by atoms with Crippen molar-refractivity contribution in [3.05, 3.63) is 53.6 Å². The average molecular weight is 326 g/mol. The molecule has 0 unspecified atom stereocenters. The third kappa shape index (κ3) is 4.04. The third-order valence-corrected chi connectivity index (χ3v) is 3.55. The maximum atomic E-state index is 11.9. The molecule has 1 heterocycles. The molecule has 1 aliphatic heterocycles. The van der Waals surface area contributed by atoms with Gasteiger partial charge in [0.05, 0.1) is 13.0 Å². The van der Waals surface area contributed by atoms with E-state index in [9.17, 15) is 9.59 Å². The molecule has 3 rings (SSSR count). The fourth-order valence-electron chi connectivity index (χ4n) is 2.43. The van der Waals surface area contributed by atoms with E-state index in [1.807, 2.05) is 31.2 Å². The molecule has 0 fully saturated rings. The molecule has 2 N–H and O–H groups in total. The largest absolute Gasteiger partial charge is 0.454 e. The van der Waals surface area contributed by atoms with Crippen LogP contribution < -0.4 is 20.1 Å². The van der Waals surface area contributed by atoms with E-state index in [-0.39, 0.29) is 31.6 Å². The summed E-state index contributed by atoms with van der Waals surface area (Å²) in [6.07, 6.45) is 0.249. The monoisotopic (exact) mass is 326 g/mol. The normalized spacial score (nSPS) is 11.9. The standard InChI is InChI=1S/C18H18N2O4/c1-12-3-2-4-13(7-12)8-17(21)19-10-18(22)20-14-5-6-15-16(9-14)24-11-23-15/h2-7,9H,8,10-11H2,1H3,(H,19,21)(H,20,22). The van der Waals surface area contributed by atoms with E-state index in [2.05, 4.69) is 10.6 Å². The van der Waals surface area contributed by atoms with Crippen LogP contribution in [0.2, 0.25) is 0 Å². The zero-order valence-electron chi connectivity index (χ0n) is 13.3. The van der Waals surface area contributed by atoms with Gasteiger partial charge >= 0.3 is 0 Å². The second kappa shape index (κ2) is 7.04. The van der Waals surface area contributed by atoms with Gasteiger partial charge in [0, 0.05) is 11.8 Å². The number of fused-ring (bicyclic) bond motifs is 1. The van der Waals surface area contributed by atoms with Crippen LogP contribution in [0.25, 0.3) is 0 Å². The van der Waals surface area contributed by atoms with Crippen LogP contribution in [0.3, 0.4) is 0 Å². The van der Waals surface area contributed by atoms with Crippen molar-refractivity contribution in [1.82, 2.24) is 5.32 Å². The molecule has 2 aromatic rings. The Bertz CT molecular complexity index is 773. The molecule has 0 aromatic heterocycles. The molecule has 0 saturated carbocycles. The molecule has 124 valence electrons. The highest BCUT2D eigenvalue weighted by Gasteiger charge is 2.14. The van der Waals surface area contributed by atoms with E-state index in [4.69, 9.17) is 9.47 Å². The number of hydrogen-bond acceptors (Lipinski definition) is 4. The molecular weight excluding hydrogens is 308 g/mol. The number of aryl methyl sites for hydroxylation is 1. The van der Waals surface area contributed by atoms with Gasteiger partial charge in [-0.25, -0.2) is 0 Å². The summed E-state index contributed by atoms with van der Waals surface area (Å²) in [6.45, 7) is 2.07. The first-order chi connectivity index (χ1) is 11.6. The Morgan fingerprint density at radius 1 is 1.04 bits per heavy atom. The predicted octanol–water partition coefficient (Wildman–Crippen LogP) is 2.02. The summed E-state index contributed by atoms with van der Waals surface area (Å²) < 4.78 is 10.5. The van der Waals surface area contributed by atoms with Crippen LogP contribution in [-0.2, 0) is 16.0 Å². The Labute approximate surface area is 139 Å². The summed E-state index contributed by atoms with van der Waals surface area (Å²) >= 11 is 0. The quantitative estimate of drug-likeness (QED) is 0.881. The number of ether oxygens (including phenoxy) is 2. The molecular formula is C18H18N2O4. The summed E-state index contributed by atoms with van der Waals surface area (Å²) in [7, 11) is 0. The lowest BCUT2D eigenvalue weighted by Gasteiger charge is -2.08. The highest BCUT2D eigenvalue weighted by atomic mass is 16.7. The van der Waals surface area contributed by atoms with Gasteiger partial charge in [0.15, 0.2) is 11.5 Å². The Hall–Kier alpha value is -3.02. The summed E-state index contributed by atoms with van der Waals surface area (Å²) in [5.74, 6) is 0.753. The van der Waals surface area contributed by atoms with Gasteiger partial charge < -0.3 is 20.1 Å². The van der Waals surface area contributed by atoms with Crippen LogP contribution in [-0.4, -0.2) is 25.2 Å². The minimum atomic E-state index is -0.300. The zero-order valence-corrected chi connectivity index (χ0v) is 13.3. The number of hydrogen-bond donors (Lipinski definition) is 2. The molecule has 6 nitrogen and oxygen atoms in total. The molecule has 0 radical (unpaired) electrons. The van der Waals surface area contributed by atoms with Gasteiger partial charge in [-0.15, -0.1) is 0 Å². The lowest BCUT2D eigenvalue weighted by atomic mass is 10.1. The van der Waals surface area contributed by atoms with E-state index in [1.165, 1.54) is 0 Å². The Balaban J connectivity index is 1.47. The predicted molar refractivity (Wildman–Crippen MR) is 89.1 cm³/mol. The van der Waals surface area contributed by atoms with Gasteiger partial charge in [0.2, 0.25) is 18.6 Å². The van der Waals surface area contributed by atoms with Crippen molar-refractivity contribution in [2.24, 2.45) is 0 Å². The molecule has 0 saturated heterocycles. The summed E-state index contributed by atoms with van der Waals surface area (Å²) in [5.41, 5.74) is 2.61. The van der Waals surface area contributed by atoms with Gasteiger partial charge in [-0.2, -0.15) is 0 Å². The van der Waals surface area contributed by atoms with Crippen molar-refractivity contribution in [3.8, 4) is 11.5 Å². The first-order valence-electron chi connectivity index (χ1n) is 7.62. The van der Waals surface area contributed by atoms with Crippen LogP contribution in [0.15, 0.2) is 42.5 Å². The smallest absolute Gasteiger partial charge is 0.243 e. The lowest BCUT2D eigenvalue weighted by Crippen LogP contribution is -2.33. The molecule has 1 aliphatic rings. The molecule has 0 spiro atoms.